The van der Waals surface area contributed by atoms with E-state index in [9.17, 15) is 14.0 Å². The Hall–Kier alpha value is -2.69. The van der Waals surface area contributed by atoms with Gasteiger partial charge in [0.2, 0.25) is 11.8 Å². The number of carbonyl (C=O) groups excluding carboxylic acids is 2. The fourth-order valence-corrected chi connectivity index (χ4v) is 2.58. The van der Waals surface area contributed by atoms with Crippen molar-refractivity contribution in [1.82, 2.24) is 0 Å². The molecule has 112 valence electrons. The van der Waals surface area contributed by atoms with Gasteiger partial charge in [0.15, 0.2) is 0 Å². The lowest BCUT2D eigenvalue weighted by Crippen LogP contribution is -2.33. The predicted molar refractivity (Wildman–Crippen MR) is 81.9 cm³/mol. The highest BCUT2D eigenvalue weighted by molar-refractivity contribution is 6.13. The lowest BCUT2D eigenvalue weighted by atomic mass is 10.1. The van der Waals surface area contributed by atoms with Crippen molar-refractivity contribution in [2.24, 2.45) is 5.92 Å². The van der Waals surface area contributed by atoms with Gasteiger partial charge in [0.05, 0.1) is 5.69 Å². The molecule has 1 heterocycles. The molecule has 0 bridgehead atoms. The van der Waals surface area contributed by atoms with E-state index in [4.69, 9.17) is 0 Å². The van der Waals surface area contributed by atoms with E-state index in [0.717, 1.165) is 0 Å². The first-order valence-electron chi connectivity index (χ1n) is 7.08. The molecule has 0 aromatic heterocycles. The molecule has 2 amide bonds. The van der Waals surface area contributed by atoms with Crippen molar-refractivity contribution in [3.8, 4) is 0 Å². The number of benzene rings is 2. The van der Waals surface area contributed by atoms with Crippen LogP contribution in [0.2, 0.25) is 0 Å². The van der Waals surface area contributed by atoms with Gasteiger partial charge in [0.25, 0.3) is 0 Å². The molecule has 22 heavy (non-hydrogen) atoms. The first-order chi connectivity index (χ1) is 10.7. The first kappa shape index (κ1) is 14.3. The van der Waals surface area contributed by atoms with Crippen LogP contribution in [-0.2, 0) is 9.59 Å². The Morgan fingerprint density at radius 2 is 1.77 bits per heavy atom. The quantitative estimate of drug-likeness (QED) is 0.886. The second kappa shape index (κ2) is 5.97. The van der Waals surface area contributed by atoms with Crippen LogP contribution in [0.1, 0.15) is 6.42 Å². The van der Waals surface area contributed by atoms with E-state index in [1.165, 1.54) is 11.0 Å². The number of halogens is 1. The standard InChI is InChI=1S/C17H15FN2O2/c18-14-8-4-5-9-15(14)20-11-10-13(17(20)22)16(21)19-12-6-2-1-3-7-12/h1-9,13H,10-11H2,(H,19,21)/t13-/m1/s1. The Labute approximate surface area is 127 Å². The van der Waals surface area contributed by atoms with E-state index < -0.39 is 11.7 Å². The molecule has 1 aliphatic rings. The van der Waals surface area contributed by atoms with Crippen LogP contribution in [-0.4, -0.2) is 18.4 Å². The molecule has 4 nitrogen and oxygen atoms in total. The fraction of sp³-hybridized carbons (Fsp3) is 0.176. The summed E-state index contributed by atoms with van der Waals surface area (Å²) in [6, 6.07) is 15.1. The zero-order valence-electron chi connectivity index (χ0n) is 11.8. The normalized spacial score (nSPS) is 17.6. The van der Waals surface area contributed by atoms with Crippen LogP contribution in [0, 0.1) is 11.7 Å². The molecule has 1 N–H and O–H groups in total. The Balaban J connectivity index is 1.74. The SMILES string of the molecule is O=C(Nc1ccccc1)[C@H]1CCN(c2ccccc2F)C1=O. The molecule has 0 radical (unpaired) electrons. The van der Waals surface area contributed by atoms with Crippen molar-refractivity contribution in [3.63, 3.8) is 0 Å². The molecule has 3 rings (SSSR count). The average molecular weight is 298 g/mol. The van der Waals surface area contributed by atoms with Gasteiger partial charge in [0.1, 0.15) is 11.7 Å². The number of hydrogen-bond donors (Lipinski definition) is 1. The number of anilines is 2. The first-order valence-corrected chi connectivity index (χ1v) is 7.08. The van der Waals surface area contributed by atoms with E-state index in [0.29, 0.717) is 18.7 Å². The summed E-state index contributed by atoms with van der Waals surface area (Å²) in [5.74, 6) is -1.95. The minimum absolute atomic E-state index is 0.225. The van der Waals surface area contributed by atoms with E-state index in [-0.39, 0.29) is 17.5 Å². The van der Waals surface area contributed by atoms with Crippen molar-refractivity contribution < 1.29 is 14.0 Å². The van der Waals surface area contributed by atoms with Gasteiger partial charge in [-0.25, -0.2) is 4.39 Å². The zero-order chi connectivity index (χ0) is 15.5. The van der Waals surface area contributed by atoms with Gasteiger partial charge in [-0.2, -0.15) is 0 Å². The van der Waals surface area contributed by atoms with Crippen LogP contribution in [0.25, 0.3) is 0 Å². The molecule has 0 saturated carbocycles. The molecule has 0 aliphatic carbocycles. The Bertz CT molecular complexity index is 703. The summed E-state index contributed by atoms with van der Waals surface area (Å²) in [5, 5.41) is 2.72. The number of carbonyl (C=O) groups is 2. The van der Waals surface area contributed by atoms with E-state index in [2.05, 4.69) is 5.32 Å². The highest BCUT2D eigenvalue weighted by Crippen LogP contribution is 2.28. The van der Waals surface area contributed by atoms with Crippen molar-refractivity contribution in [3.05, 3.63) is 60.4 Å². The van der Waals surface area contributed by atoms with Crippen LogP contribution in [0.15, 0.2) is 54.6 Å². The molecule has 5 heteroatoms. The van der Waals surface area contributed by atoms with Crippen molar-refractivity contribution >= 4 is 23.2 Å². The minimum Gasteiger partial charge on any atom is -0.325 e. The minimum atomic E-state index is -0.778. The average Bonchev–Trinajstić information content (AvgIpc) is 2.90. The summed E-state index contributed by atoms with van der Waals surface area (Å²) >= 11 is 0. The summed E-state index contributed by atoms with van der Waals surface area (Å²) in [6.45, 7) is 0.340. The van der Waals surface area contributed by atoms with Crippen LogP contribution in [0.4, 0.5) is 15.8 Å². The fourth-order valence-electron chi connectivity index (χ4n) is 2.58. The van der Waals surface area contributed by atoms with Gasteiger partial charge in [0, 0.05) is 12.2 Å². The summed E-state index contributed by atoms with van der Waals surface area (Å²) in [6.07, 6.45) is 0.381. The maximum Gasteiger partial charge on any atom is 0.239 e. The second-order valence-electron chi connectivity index (χ2n) is 5.14. The molecular formula is C17H15FN2O2. The number of nitrogens with one attached hydrogen (secondary N) is 1. The van der Waals surface area contributed by atoms with Gasteiger partial charge in [-0.1, -0.05) is 30.3 Å². The molecule has 1 aliphatic heterocycles. The Morgan fingerprint density at radius 3 is 2.50 bits per heavy atom. The topological polar surface area (TPSA) is 49.4 Å². The summed E-state index contributed by atoms with van der Waals surface area (Å²) in [4.78, 5) is 26.0. The van der Waals surface area contributed by atoms with Crippen LogP contribution >= 0.6 is 0 Å². The third kappa shape index (κ3) is 2.70. The molecule has 2 aromatic carbocycles. The maximum absolute atomic E-state index is 13.8. The third-order valence-electron chi connectivity index (χ3n) is 3.71. The Kier molecular flexibility index (Phi) is 3.87. The summed E-state index contributed by atoms with van der Waals surface area (Å²) in [7, 11) is 0. The molecule has 0 unspecified atom stereocenters. The summed E-state index contributed by atoms with van der Waals surface area (Å²) in [5.41, 5.74) is 0.868. The van der Waals surface area contributed by atoms with Crippen molar-refractivity contribution in [2.45, 2.75) is 6.42 Å². The van der Waals surface area contributed by atoms with Crippen LogP contribution < -0.4 is 10.2 Å². The van der Waals surface area contributed by atoms with Gasteiger partial charge < -0.3 is 10.2 Å². The lowest BCUT2D eigenvalue weighted by Gasteiger charge is -2.17. The molecule has 1 fully saturated rings. The van der Waals surface area contributed by atoms with Crippen molar-refractivity contribution in [1.29, 1.82) is 0 Å². The molecule has 2 aromatic rings. The predicted octanol–water partition coefficient (Wildman–Crippen LogP) is 2.82. The van der Waals surface area contributed by atoms with E-state index in [1.54, 1.807) is 42.5 Å². The molecule has 0 spiro atoms. The number of hydrogen-bond acceptors (Lipinski definition) is 2. The van der Waals surface area contributed by atoms with Crippen LogP contribution in [0.5, 0.6) is 0 Å². The van der Waals surface area contributed by atoms with Crippen molar-refractivity contribution in [2.75, 3.05) is 16.8 Å². The number of amides is 2. The largest absolute Gasteiger partial charge is 0.325 e. The second-order valence-corrected chi connectivity index (χ2v) is 5.14. The van der Waals surface area contributed by atoms with Gasteiger partial charge in [-0.3, -0.25) is 9.59 Å². The molecule has 1 saturated heterocycles. The zero-order valence-corrected chi connectivity index (χ0v) is 11.8. The van der Waals surface area contributed by atoms with E-state index in [1.807, 2.05) is 6.07 Å². The lowest BCUT2D eigenvalue weighted by molar-refractivity contribution is -0.129. The highest BCUT2D eigenvalue weighted by Gasteiger charge is 2.38. The van der Waals surface area contributed by atoms with E-state index >= 15 is 0 Å². The third-order valence-corrected chi connectivity index (χ3v) is 3.71. The molecular weight excluding hydrogens is 283 g/mol. The van der Waals surface area contributed by atoms with Gasteiger partial charge in [-0.05, 0) is 30.7 Å². The Morgan fingerprint density at radius 1 is 1.09 bits per heavy atom. The highest BCUT2D eigenvalue weighted by atomic mass is 19.1. The number of para-hydroxylation sites is 2. The van der Waals surface area contributed by atoms with Crippen LogP contribution in [0.3, 0.4) is 0 Å². The maximum atomic E-state index is 13.8. The van der Waals surface area contributed by atoms with Gasteiger partial charge in [-0.15, -0.1) is 0 Å². The molecule has 1 atom stereocenters. The number of rotatable bonds is 3. The number of nitrogens with zero attached hydrogens (tertiary/aromatic N) is 1. The smallest absolute Gasteiger partial charge is 0.239 e. The summed E-state index contributed by atoms with van der Waals surface area (Å²) < 4.78 is 13.8. The monoisotopic (exact) mass is 298 g/mol. The van der Waals surface area contributed by atoms with Gasteiger partial charge >= 0.3 is 0 Å².